The molecule has 1 aromatic carbocycles. The topological polar surface area (TPSA) is 41.6 Å². The van der Waals surface area contributed by atoms with Crippen LogP contribution in [0.1, 0.15) is 30.9 Å². The quantitative estimate of drug-likeness (QED) is 0.849. The molecule has 1 aromatic rings. The fourth-order valence-corrected chi connectivity index (χ4v) is 2.62. The first-order valence-corrected chi connectivity index (χ1v) is 8.01. The maximum Gasteiger partial charge on any atom is 0.410 e. The molecule has 0 atom stereocenters. The number of hydrogen-bond acceptors (Lipinski definition) is 3. The SMILES string of the molecule is C/C=C\CN(C(=O)OCc1ccc(C)cc1)C1CCNCC1. The molecule has 1 heterocycles. The summed E-state index contributed by atoms with van der Waals surface area (Å²) in [4.78, 5) is 14.3. The lowest BCUT2D eigenvalue weighted by Gasteiger charge is -2.33. The monoisotopic (exact) mass is 302 g/mol. The van der Waals surface area contributed by atoms with Crippen LogP contribution in [-0.2, 0) is 11.3 Å². The number of carbonyl (C=O) groups is 1. The Morgan fingerprint density at radius 1 is 1.32 bits per heavy atom. The lowest BCUT2D eigenvalue weighted by Crippen LogP contribution is -2.46. The second kappa shape index (κ2) is 8.59. The van der Waals surface area contributed by atoms with E-state index in [0.717, 1.165) is 31.5 Å². The molecule has 0 aliphatic carbocycles. The molecule has 0 bridgehead atoms. The van der Waals surface area contributed by atoms with Gasteiger partial charge in [0, 0.05) is 12.6 Å². The molecule has 0 saturated carbocycles. The standard InChI is InChI=1S/C18H26N2O2/c1-3-4-13-20(17-9-11-19-12-10-17)18(21)22-14-16-7-5-15(2)6-8-16/h3-8,17,19H,9-14H2,1-2H3/b4-3-. The van der Waals surface area contributed by atoms with Gasteiger partial charge >= 0.3 is 6.09 Å². The van der Waals surface area contributed by atoms with E-state index in [2.05, 4.69) is 5.32 Å². The largest absolute Gasteiger partial charge is 0.445 e. The van der Waals surface area contributed by atoms with Crippen molar-refractivity contribution in [3.63, 3.8) is 0 Å². The van der Waals surface area contributed by atoms with Crippen molar-refractivity contribution in [2.75, 3.05) is 19.6 Å². The molecule has 4 heteroatoms. The number of nitrogens with zero attached hydrogens (tertiary/aromatic N) is 1. The number of allylic oxidation sites excluding steroid dienone is 1. The highest BCUT2D eigenvalue weighted by molar-refractivity contribution is 5.68. The average molecular weight is 302 g/mol. The molecule has 1 fully saturated rings. The van der Waals surface area contributed by atoms with Gasteiger partial charge in [0.1, 0.15) is 6.61 Å². The number of aryl methyl sites for hydroxylation is 1. The number of amides is 1. The van der Waals surface area contributed by atoms with Crippen LogP contribution in [0.3, 0.4) is 0 Å². The van der Waals surface area contributed by atoms with Gasteiger partial charge in [-0.3, -0.25) is 0 Å². The van der Waals surface area contributed by atoms with E-state index in [1.165, 1.54) is 5.56 Å². The number of benzene rings is 1. The maximum atomic E-state index is 12.4. The van der Waals surface area contributed by atoms with Crippen LogP contribution in [0.5, 0.6) is 0 Å². The van der Waals surface area contributed by atoms with Gasteiger partial charge in [-0.2, -0.15) is 0 Å². The normalized spacial score (nSPS) is 15.9. The third-order valence-corrected chi connectivity index (χ3v) is 4.00. The average Bonchev–Trinajstić information content (AvgIpc) is 2.55. The Morgan fingerprint density at radius 3 is 2.64 bits per heavy atom. The highest BCUT2D eigenvalue weighted by atomic mass is 16.6. The summed E-state index contributed by atoms with van der Waals surface area (Å²) >= 11 is 0. The van der Waals surface area contributed by atoms with Gasteiger partial charge in [0.05, 0.1) is 0 Å². The van der Waals surface area contributed by atoms with Crippen LogP contribution in [0.15, 0.2) is 36.4 Å². The minimum atomic E-state index is -0.217. The second-order valence-corrected chi connectivity index (χ2v) is 5.74. The molecular formula is C18H26N2O2. The number of hydrogen-bond donors (Lipinski definition) is 1. The maximum absolute atomic E-state index is 12.4. The van der Waals surface area contributed by atoms with Crippen molar-refractivity contribution in [1.29, 1.82) is 0 Å². The zero-order valence-corrected chi connectivity index (χ0v) is 13.5. The molecule has 1 N–H and O–H groups in total. The summed E-state index contributed by atoms with van der Waals surface area (Å²) in [5, 5.41) is 3.33. The fraction of sp³-hybridized carbons (Fsp3) is 0.500. The molecule has 0 radical (unpaired) electrons. The minimum absolute atomic E-state index is 0.217. The van der Waals surface area contributed by atoms with Crippen LogP contribution in [0.4, 0.5) is 4.79 Å². The van der Waals surface area contributed by atoms with Gasteiger partial charge in [0.15, 0.2) is 0 Å². The van der Waals surface area contributed by atoms with Gasteiger partial charge in [-0.15, -0.1) is 0 Å². The Balaban J connectivity index is 1.93. The second-order valence-electron chi connectivity index (χ2n) is 5.74. The Labute approximate surface area is 133 Å². The van der Waals surface area contributed by atoms with Gasteiger partial charge in [-0.25, -0.2) is 4.79 Å². The van der Waals surface area contributed by atoms with Crippen LogP contribution in [0.2, 0.25) is 0 Å². The lowest BCUT2D eigenvalue weighted by molar-refractivity contribution is 0.0786. The summed E-state index contributed by atoms with van der Waals surface area (Å²) in [6.45, 7) is 6.89. The summed E-state index contributed by atoms with van der Waals surface area (Å²) in [5.41, 5.74) is 2.23. The van der Waals surface area contributed by atoms with E-state index in [4.69, 9.17) is 4.74 Å². The molecule has 0 unspecified atom stereocenters. The summed E-state index contributed by atoms with van der Waals surface area (Å²) in [5.74, 6) is 0. The van der Waals surface area contributed by atoms with Crippen molar-refractivity contribution in [2.24, 2.45) is 0 Å². The summed E-state index contributed by atoms with van der Waals surface area (Å²) < 4.78 is 5.51. The molecule has 1 saturated heterocycles. The number of piperidine rings is 1. The van der Waals surface area contributed by atoms with Gasteiger partial charge in [-0.05, 0) is 45.3 Å². The van der Waals surface area contributed by atoms with E-state index >= 15 is 0 Å². The minimum Gasteiger partial charge on any atom is -0.445 e. The van der Waals surface area contributed by atoms with Crippen LogP contribution in [0, 0.1) is 6.92 Å². The molecule has 1 aliphatic heterocycles. The molecule has 0 spiro atoms. The number of ether oxygens (including phenoxy) is 1. The summed E-state index contributed by atoms with van der Waals surface area (Å²) in [7, 11) is 0. The molecule has 22 heavy (non-hydrogen) atoms. The molecule has 0 aromatic heterocycles. The molecule has 1 aliphatic rings. The predicted octanol–water partition coefficient (Wildman–Crippen LogP) is 3.26. The Kier molecular flexibility index (Phi) is 6.46. The molecule has 4 nitrogen and oxygen atoms in total. The highest BCUT2D eigenvalue weighted by Gasteiger charge is 2.25. The first-order valence-electron chi connectivity index (χ1n) is 8.01. The van der Waals surface area contributed by atoms with Gasteiger partial charge < -0.3 is 15.0 Å². The van der Waals surface area contributed by atoms with E-state index in [-0.39, 0.29) is 12.1 Å². The van der Waals surface area contributed by atoms with Gasteiger partial charge in [0.25, 0.3) is 0 Å². The van der Waals surface area contributed by atoms with Crippen molar-refractivity contribution in [2.45, 2.75) is 39.3 Å². The number of nitrogens with one attached hydrogen (secondary N) is 1. The van der Waals surface area contributed by atoms with Crippen molar-refractivity contribution in [3.8, 4) is 0 Å². The number of carbonyl (C=O) groups excluding carboxylic acids is 1. The Bertz CT molecular complexity index is 490. The van der Waals surface area contributed by atoms with Crippen LogP contribution in [0.25, 0.3) is 0 Å². The summed E-state index contributed by atoms with van der Waals surface area (Å²) in [6.07, 6.45) is 5.73. The Hall–Kier alpha value is -1.81. The first kappa shape index (κ1) is 16.6. The zero-order chi connectivity index (χ0) is 15.8. The van der Waals surface area contributed by atoms with Crippen molar-refractivity contribution in [3.05, 3.63) is 47.5 Å². The van der Waals surface area contributed by atoms with Crippen LogP contribution in [-0.4, -0.2) is 36.7 Å². The van der Waals surface area contributed by atoms with Gasteiger partial charge in [0.2, 0.25) is 0 Å². The Morgan fingerprint density at radius 2 is 2.00 bits per heavy atom. The van der Waals surface area contributed by atoms with Crippen LogP contribution < -0.4 is 5.32 Å². The van der Waals surface area contributed by atoms with E-state index in [1.54, 1.807) is 0 Å². The first-order chi connectivity index (χ1) is 10.7. The zero-order valence-electron chi connectivity index (χ0n) is 13.5. The van der Waals surface area contributed by atoms with E-state index in [9.17, 15) is 4.79 Å². The van der Waals surface area contributed by atoms with E-state index < -0.39 is 0 Å². The third-order valence-electron chi connectivity index (χ3n) is 4.00. The fourth-order valence-electron chi connectivity index (χ4n) is 2.62. The van der Waals surface area contributed by atoms with E-state index in [1.807, 2.05) is 55.2 Å². The van der Waals surface area contributed by atoms with Crippen molar-refractivity contribution >= 4 is 6.09 Å². The molecule has 2 rings (SSSR count). The smallest absolute Gasteiger partial charge is 0.410 e. The molecular weight excluding hydrogens is 276 g/mol. The third kappa shape index (κ3) is 4.88. The molecule has 1 amide bonds. The summed E-state index contributed by atoms with van der Waals surface area (Å²) in [6, 6.07) is 8.34. The lowest BCUT2D eigenvalue weighted by atomic mass is 10.1. The van der Waals surface area contributed by atoms with Crippen molar-refractivity contribution in [1.82, 2.24) is 10.2 Å². The van der Waals surface area contributed by atoms with Gasteiger partial charge in [-0.1, -0.05) is 42.0 Å². The molecule has 120 valence electrons. The van der Waals surface area contributed by atoms with Crippen molar-refractivity contribution < 1.29 is 9.53 Å². The highest BCUT2D eigenvalue weighted by Crippen LogP contribution is 2.14. The van der Waals surface area contributed by atoms with E-state index in [0.29, 0.717) is 13.2 Å². The number of rotatable bonds is 5. The predicted molar refractivity (Wildman–Crippen MR) is 88.8 cm³/mol. The van der Waals surface area contributed by atoms with Crippen LogP contribution >= 0.6 is 0 Å².